The molecular formula is C33H25F4N5O. The zero-order valence-corrected chi connectivity index (χ0v) is 22.8. The number of aromatic nitrogens is 5. The second kappa shape index (κ2) is 11.6. The van der Waals surface area contributed by atoms with Gasteiger partial charge in [0.25, 0.3) is 5.56 Å². The van der Waals surface area contributed by atoms with Crippen molar-refractivity contribution in [3.05, 3.63) is 148 Å². The highest BCUT2D eigenvalue weighted by molar-refractivity contribution is 5.78. The van der Waals surface area contributed by atoms with Gasteiger partial charge in [-0.05, 0) is 65.1 Å². The van der Waals surface area contributed by atoms with Crippen molar-refractivity contribution < 1.29 is 17.6 Å². The van der Waals surface area contributed by atoms with E-state index in [0.717, 1.165) is 34.3 Å². The first kappa shape index (κ1) is 28.0. The Morgan fingerprint density at radius 3 is 2.05 bits per heavy atom. The lowest BCUT2D eigenvalue weighted by Gasteiger charge is -2.16. The SMILES string of the molecule is O=c1nc(CCc2ccc(F)cc2)n(Cc2nncn2Cc2ccc(-c3ccc(C(F)(F)F)cc3)cc2)c2ccccc12. The molecule has 6 nitrogen and oxygen atoms in total. The van der Waals surface area contributed by atoms with Gasteiger partial charge in [0.05, 0.1) is 29.6 Å². The molecule has 6 rings (SSSR count). The third-order valence-electron chi connectivity index (χ3n) is 7.37. The fourth-order valence-corrected chi connectivity index (χ4v) is 5.07. The first-order chi connectivity index (χ1) is 20.7. The summed E-state index contributed by atoms with van der Waals surface area (Å²) < 4.78 is 56.0. The number of nitrogens with zero attached hydrogens (tertiary/aromatic N) is 5. The van der Waals surface area contributed by atoms with Gasteiger partial charge in [0, 0.05) is 6.42 Å². The van der Waals surface area contributed by atoms with E-state index in [2.05, 4.69) is 15.2 Å². The molecule has 4 aromatic carbocycles. The van der Waals surface area contributed by atoms with Crippen molar-refractivity contribution in [2.24, 2.45) is 0 Å². The lowest BCUT2D eigenvalue weighted by atomic mass is 10.0. The number of para-hydroxylation sites is 1. The normalized spacial score (nSPS) is 11.7. The summed E-state index contributed by atoms with van der Waals surface area (Å²) in [4.78, 5) is 17.3. The number of halogens is 4. The van der Waals surface area contributed by atoms with Crippen LogP contribution in [0.4, 0.5) is 17.6 Å². The molecule has 0 amide bonds. The minimum atomic E-state index is -4.38. The molecule has 0 radical (unpaired) electrons. The maximum atomic E-state index is 13.4. The van der Waals surface area contributed by atoms with Crippen molar-refractivity contribution in [3.63, 3.8) is 0 Å². The number of benzene rings is 4. The summed E-state index contributed by atoms with van der Waals surface area (Å²) in [7, 11) is 0. The van der Waals surface area contributed by atoms with E-state index >= 15 is 0 Å². The third-order valence-corrected chi connectivity index (χ3v) is 7.37. The van der Waals surface area contributed by atoms with E-state index in [-0.39, 0.29) is 11.4 Å². The van der Waals surface area contributed by atoms with Crippen molar-refractivity contribution >= 4 is 10.9 Å². The molecule has 0 aliphatic rings. The van der Waals surface area contributed by atoms with Gasteiger partial charge in [0.15, 0.2) is 5.82 Å². The van der Waals surface area contributed by atoms with Crippen LogP contribution in [0.15, 0.2) is 108 Å². The van der Waals surface area contributed by atoms with Crippen LogP contribution in [0.3, 0.4) is 0 Å². The van der Waals surface area contributed by atoms with Gasteiger partial charge in [0.2, 0.25) is 0 Å². The maximum Gasteiger partial charge on any atom is 0.416 e. The number of hydrogen-bond acceptors (Lipinski definition) is 4. The summed E-state index contributed by atoms with van der Waals surface area (Å²) in [5, 5.41) is 8.98. The molecule has 0 atom stereocenters. The highest BCUT2D eigenvalue weighted by Crippen LogP contribution is 2.31. The van der Waals surface area contributed by atoms with Crippen LogP contribution >= 0.6 is 0 Å². The van der Waals surface area contributed by atoms with Gasteiger partial charge in [-0.3, -0.25) is 4.79 Å². The van der Waals surface area contributed by atoms with Crippen LogP contribution < -0.4 is 5.56 Å². The standard InChI is InChI=1S/C33H25F4N5O/c34-27-16-7-22(8-17-27)9-18-30-39-32(43)28-3-1-2-4-29(28)42(30)20-31-40-38-21-41(31)19-23-5-10-24(11-6-23)25-12-14-26(15-13-25)33(35,36)37/h1-8,10-17,21H,9,18-20H2. The topological polar surface area (TPSA) is 65.6 Å². The zero-order valence-electron chi connectivity index (χ0n) is 22.8. The second-order valence-electron chi connectivity index (χ2n) is 10.2. The molecule has 216 valence electrons. The van der Waals surface area contributed by atoms with E-state index in [1.807, 2.05) is 45.5 Å². The zero-order chi connectivity index (χ0) is 30.0. The largest absolute Gasteiger partial charge is 0.416 e. The van der Waals surface area contributed by atoms with Gasteiger partial charge in [-0.2, -0.15) is 18.2 Å². The average molecular weight is 584 g/mol. The van der Waals surface area contributed by atoms with Gasteiger partial charge >= 0.3 is 6.18 Å². The average Bonchev–Trinajstić information content (AvgIpc) is 3.45. The van der Waals surface area contributed by atoms with Crippen LogP contribution in [0.5, 0.6) is 0 Å². The van der Waals surface area contributed by atoms with E-state index in [4.69, 9.17) is 0 Å². The highest BCUT2D eigenvalue weighted by atomic mass is 19.4. The molecule has 0 aliphatic heterocycles. The fourth-order valence-electron chi connectivity index (χ4n) is 5.07. The quantitative estimate of drug-likeness (QED) is 0.187. The summed E-state index contributed by atoms with van der Waals surface area (Å²) in [5.41, 5.74) is 3.11. The molecular weight excluding hydrogens is 558 g/mol. The Kier molecular flexibility index (Phi) is 7.58. The summed E-state index contributed by atoms with van der Waals surface area (Å²) in [5.74, 6) is 0.937. The van der Waals surface area contributed by atoms with Crippen molar-refractivity contribution in [1.29, 1.82) is 0 Å². The van der Waals surface area contributed by atoms with E-state index in [1.165, 1.54) is 24.3 Å². The van der Waals surface area contributed by atoms with E-state index in [9.17, 15) is 22.4 Å². The first-order valence-corrected chi connectivity index (χ1v) is 13.6. The molecule has 0 saturated carbocycles. The van der Waals surface area contributed by atoms with Crippen LogP contribution in [-0.4, -0.2) is 24.3 Å². The molecule has 0 aliphatic carbocycles. The second-order valence-corrected chi connectivity index (χ2v) is 10.2. The highest BCUT2D eigenvalue weighted by Gasteiger charge is 2.30. The monoisotopic (exact) mass is 583 g/mol. The summed E-state index contributed by atoms with van der Waals surface area (Å²) in [6, 6.07) is 26.2. The maximum absolute atomic E-state index is 13.4. The van der Waals surface area contributed by atoms with Crippen LogP contribution in [0.1, 0.15) is 28.3 Å². The Morgan fingerprint density at radius 1 is 0.698 bits per heavy atom. The Bertz CT molecular complexity index is 1930. The smallest absolute Gasteiger partial charge is 0.321 e. The molecule has 10 heteroatoms. The molecule has 43 heavy (non-hydrogen) atoms. The third kappa shape index (κ3) is 6.23. The molecule has 0 fully saturated rings. The number of rotatable bonds is 8. The molecule has 2 heterocycles. The molecule has 0 unspecified atom stereocenters. The number of aryl methyl sites for hydroxylation is 2. The van der Waals surface area contributed by atoms with Crippen molar-refractivity contribution in [2.45, 2.75) is 32.1 Å². The predicted molar refractivity (Wildman–Crippen MR) is 155 cm³/mol. The lowest BCUT2D eigenvalue weighted by Crippen LogP contribution is -2.21. The van der Waals surface area contributed by atoms with Gasteiger partial charge in [0.1, 0.15) is 18.0 Å². The Balaban J connectivity index is 1.25. The number of hydrogen-bond donors (Lipinski definition) is 0. The van der Waals surface area contributed by atoms with Gasteiger partial charge < -0.3 is 9.13 Å². The molecule has 0 saturated heterocycles. The van der Waals surface area contributed by atoms with Gasteiger partial charge in [-0.25, -0.2) is 4.39 Å². The van der Waals surface area contributed by atoms with Gasteiger partial charge in [-0.1, -0.05) is 60.7 Å². The molecule has 0 N–H and O–H groups in total. The molecule has 0 bridgehead atoms. The van der Waals surface area contributed by atoms with Crippen molar-refractivity contribution in [1.82, 2.24) is 24.3 Å². The van der Waals surface area contributed by atoms with Crippen LogP contribution in [0.2, 0.25) is 0 Å². The summed E-state index contributed by atoms with van der Waals surface area (Å²) in [6.07, 6.45) is -1.70. The van der Waals surface area contributed by atoms with Crippen LogP contribution in [0.25, 0.3) is 22.0 Å². The minimum Gasteiger partial charge on any atom is -0.321 e. The summed E-state index contributed by atoms with van der Waals surface area (Å²) in [6.45, 7) is 0.780. The minimum absolute atomic E-state index is 0.307. The Morgan fingerprint density at radius 2 is 1.35 bits per heavy atom. The van der Waals surface area contributed by atoms with Crippen molar-refractivity contribution in [2.75, 3.05) is 0 Å². The first-order valence-electron chi connectivity index (χ1n) is 13.6. The van der Waals surface area contributed by atoms with E-state index < -0.39 is 11.7 Å². The molecule has 0 spiro atoms. The van der Waals surface area contributed by atoms with Gasteiger partial charge in [-0.15, -0.1) is 10.2 Å². The van der Waals surface area contributed by atoms with E-state index in [0.29, 0.717) is 48.5 Å². The fraction of sp³-hybridized carbons (Fsp3) is 0.152. The van der Waals surface area contributed by atoms with Crippen molar-refractivity contribution in [3.8, 4) is 11.1 Å². The van der Waals surface area contributed by atoms with E-state index in [1.54, 1.807) is 30.6 Å². The van der Waals surface area contributed by atoms with Crippen LogP contribution in [-0.2, 0) is 32.1 Å². The Labute approximate surface area is 243 Å². The summed E-state index contributed by atoms with van der Waals surface area (Å²) >= 11 is 0. The number of fused-ring (bicyclic) bond motifs is 1. The molecule has 2 aromatic heterocycles. The molecule has 6 aromatic rings. The Hall–Kier alpha value is -5.12. The number of alkyl halides is 3. The predicted octanol–water partition coefficient (Wildman–Crippen LogP) is 6.69. The lowest BCUT2D eigenvalue weighted by molar-refractivity contribution is -0.137. The van der Waals surface area contributed by atoms with Crippen LogP contribution in [0, 0.1) is 5.82 Å².